The maximum absolute atomic E-state index is 10.8. The summed E-state index contributed by atoms with van der Waals surface area (Å²) >= 11 is 0. The van der Waals surface area contributed by atoms with Crippen molar-refractivity contribution in [3.63, 3.8) is 0 Å². The Morgan fingerprint density at radius 3 is 0.892 bits per heavy atom. The van der Waals surface area contributed by atoms with Crippen LogP contribution in [0.15, 0.2) is 24.3 Å². The number of hydrogen-bond acceptors (Lipinski definition) is 6. The zero-order valence-electron chi connectivity index (χ0n) is 25.3. The molecule has 0 bridgehead atoms. The Balaban J connectivity index is 2.94. The predicted octanol–water partition coefficient (Wildman–Crippen LogP) is 8.13. The van der Waals surface area contributed by atoms with Crippen LogP contribution in [0.2, 0.25) is 0 Å². The van der Waals surface area contributed by atoms with Crippen molar-refractivity contribution in [2.75, 3.05) is 0 Å². The highest BCUT2D eigenvalue weighted by Crippen LogP contribution is 2.53. The molecule has 37 heavy (non-hydrogen) atoms. The van der Waals surface area contributed by atoms with Gasteiger partial charge in [-0.05, 0) is 95.2 Å². The lowest BCUT2D eigenvalue weighted by Crippen LogP contribution is -2.31. The van der Waals surface area contributed by atoms with Crippen molar-refractivity contribution in [2.24, 2.45) is 0 Å². The van der Waals surface area contributed by atoms with Crippen LogP contribution >= 0.6 is 0 Å². The summed E-state index contributed by atoms with van der Waals surface area (Å²) in [5, 5.41) is 21.7. The molecule has 0 saturated heterocycles. The predicted molar refractivity (Wildman–Crippen MR) is 150 cm³/mol. The molecule has 0 aliphatic rings. The number of phenols is 2. The van der Waals surface area contributed by atoms with Gasteiger partial charge in [0.15, 0.2) is 23.0 Å². The number of phenolic OH excluding ortho intramolecular Hbond substituents is 2. The van der Waals surface area contributed by atoms with Gasteiger partial charge in [-0.3, -0.25) is 0 Å². The van der Waals surface area contributed by atoms with Crippen LogP contribution in [0.25, 0.3) is 0 Å². The quantitative estimate of drug-likeness (QED) is 0.403. The third kappa shape index (κ3) is 8.11. The molecule has 2 N–H and O–H groups in total. The summed E-state index contributed by atoms with van der Waals surface area (Å²) in [4.78, 5) is 0. The third-order valence-corrected chi connectivity index (χ3v) is 5.16. The average Bonchev–Trinajstić information content (AvgIpc) is 2.63. The topological polar surface area (TPSA) is 77.4 Å². The highest BCUT2D eigenvalue weighted by molar-refractivity contribution is 5.64. The fourth-order valence-corrected chi connectivity index (χ4v) is 3.86. The first kappa shape index (κ1) is 30.5. The molecule has 0 saturated carbocycles. The Kier molecular flexibility index (Phi) is 8.11. The molecule has 0 atom stereocenters. The molecule has 0 aliphatic carbocycles. The van der Waals surface area contributed by atoms with Crippen LogP contribution in [0, 0.1) is 0 Å². The Morgan fingerprint density at radius 2 is 0.649 bits per heavy atom. The molecule has 2 rings (SSSR count). The molecular weight excluding hydrogens is 468 g/mol. The number of ether oxygens (including phenoxy) is 4. The van der Waals surface area contributed by atoms with E-state index in [9.17, 15) is 10.2 Å². The third-order valence-electron chi connectivity index (χ3n) is 5.16. The van der Waals surface area contributed by atoms with Gasteiger partial charge in [-0.1, -0.05) is 26.0 Å². The van der Waals surface area contributed by atoms with Crippen LogP contribution in [-0.2, 0) is 5.41 Å². The van der Waals surface area contributed by atoms with Crippen molar-refractivity contribution in [2.45, 2.75) is 125 Å². The zero-order valence-corrected chi connectivity index (χ0v) is 25.3. The maximum atomic E-state index is 10.8. The minimum absolute atomic E-state index is 0.00218. The Bertz CT molecular complexity index is 1020. The molecule has 0 unspecified atom stereocenters. The van der Waals surface area contributed by atoms with Gasteiger partial charge in [0.05, 0.1) is 0 Å². The molecule has 6 nitrogen and oxygen atoms in total. The molecule has 0 radical (unpaired) electrons. The summed E-state index contributed by atoms with van der Waals surface area (Å²) in [5.74, 6) is 1.50. The van der Waals surface area contributed by atoms with E-state index in [-0.39, 0.29) is 23.0 Å². The van der Waals surface area contributed by atoms with E-state index in [2.05, 4.69) is 13.8 Å². The number of aromatic hydroxyl groups is 2. The Hall–Kier alpha value is -2.76. The summed E-state index contributed by atoms with van der Waals surface area (Å²) in [6, 6.07) is 6.96. The van der Waals surface area contributed by atoms with Crippen molar-refractivity contribution >= 4 is 0 Å². The van der Waals surface area contributed by atoms with Crippen LogP contribution in [0.4, 0.5) is 0 Å². The van der Waals surface area contributed by atoms with Crippen LogP contribution in [0.1, 0.15) is 108 Å². The van der Waals surface area contributed by atoms with Crippen molar-refractivity contribution in [3.05, 3.63) is 35.4 Å². The molecule has 0 amide bonds. The summed E-state index contributed by atoms with van der Waals surface area (Å²) in [5.41, 5.74) is -1.37. The smallest absolute Gasteiger partial charge is 0.204 e. The molecule has 2 aromatic carbocycles. The van der Waals surface area contributed by atoms with Gasteiger partial charge in [0.1, 0.15) is 22.4 Å². The van der Waals surface area contributed by atoms with Gasteiger partial charge in [0, 0.05) is 16.5 Å². The van der Waals surface area contributed by atoms with Crippen molar-refractivity contribution in [3.8, 4) is 34.5 Å². The SMILES string of the molecule is CC(C)(C)Oc1c(O)ccc(C(C)(C)c2ccc(O)c(OC(C)(C)C)c2OC(C)(C)C)c1OC(C)(C)C. The van der Waals surface area contributed by atoms with Crippen LogP contribution in [0.5, 0.6) is 34.5 Å². The molecular formula is C31H48O6. The molecule has 0 aliphatic heterocycles. The lowest BCUT2D eigenvalue weighted by atomic mass is 9.76. The highest BCUT2D eigenvalue weighted by atomic mass is 16.6. The van der Waals surface area contributed by atoms with E-state index >= 15 is 0 Å². The molecule has 6 heteroatoms. The van der Waals surface area contributed by atoms with Crippen LogP contribution in [0.3, 0.4) is 0 Å². The summed E-state index contributed by atoms with van der Waals surface area (Å²) in [6.45, 7) is 27.4. The molecule has 0 aromatic heterocycles. The van der Waals surface area contributed by atoms with Crippen molar-refractivity contribution < 1.29 is 29.2 Å². The fourth-order valence-electron chi connectivity index (χ4n) is 3.86. The lowest BCUT2D eigenvalue weighted by Gasteiger charge is -2.36. The average molecular weight is 517 g/mol. The van der Waals surface area contributed by atoms with E-state index in [0.717, 1.165) is 11.1 Å². The zero-order chi connectivity index (χ0) is 28.8. The maximum Gasteiger partial charge on any atom is 0.204 e. The van der Waals surface area contributed by atoms with Crippen molar-refractivity contribution in [1.29, 1.82) is 0 Å². The molecule has 208 valence electrons. The number of rotatable bonds is 6. The largest absolute Gasteiger partial charge is 0.504 e. The van der Waals surface area contributed by atoms with Gasteiger partial charge in [-0.2, -0.15) is 0 Å². The summed E-state index contributed by atoms with van der Waals surface area (Å²) < 4.78 is 25.4. The second kappa shape index (κ2) is 9.85. The Labute approximate surface area is 223 Å². The van der Waals surface area contributed by atoms with Crippen molar-refractivity contribution in [1.82, 2.24) is 0 Å². The first-order valence-corrected chi connectivity index (χ1v) is 12.9. The van der Waals surface area contributed by atoms with Gasteiger partial charge in [0.25, 0.3) is 0 Å². The minimum atomic E-state index is -0.714. The van der Waals surface area contributed by atoms with E-state index in [1.807, 2.05) is 95.2 Å². The second-order valence-corrected chi connectivity index (χ2v) is 14.1. The standard InChI is InChI=1S/C31H48O6/c1-27(2,3)34-23-19(15-17-21(32)25(23)36-29(7,8)9)31(13,14)20-16-18-22(33)26(37-30(10,11)12)24(20)35-28(4,5)6/h15-18,32-33H,1-14H3. The van der Waals surface area contributed by atoms with Gasteiger partial charge in [-0.25, -0.2) is 0 Å². The van der Waals surface area contributed by atoms with Crippen LogP contribution < -0.4 is 18.9 Å². The normalized spacial score (nSPS) is 13.4. The number of hydrogen-bond donors (Lipinski definition) is 2. The van der Waals surface area contributed by atoms with E-state index in [0.29, 0.717) is 11.5 Å². The monoisotopic (exact) mass is 516 g/mol. The van der Waals surface area contributed by atoms with Crippen LogP contribution in [-0.4, -0.2) is 32.6 Å². The summed E-state index contributed by atoms with van der Waals surface area (Å²) in [7, 11) is 0. The Morgan fingerprint density at radius 1 is 0.405 bits per heavy atom. The first-order valence-electron chi connectivity index (χ1n) is 12.9. The second-order valence-electron chi connectivity index (χ2n) is 14.1. The van der Waals surface area contributed by atoms with E-state index < -0.39 is 27.8 Å². The van der Waals surface area contributed by atoms with Gasteiger partial charge < -0.3 is 29.2 Å². The molecule has 0 heterocycles. The van der Waals surface area contributed by atoms with Gasteiger partial charge in [0.2, 0.25) is 11.5 Å². The number of benzene rings is 2. The van der Waals surface area contributed by atoms with Gasteiger partial charge in [-0.15, -0.1) is 0 Å². The molecule has 0 spiro atoms. The first-order chi connectivity index (χ1) is 16.4. The van der Waals surface area contributed by atoms with Gasteiger partial charge >= 0.3 is 0 Å². The van der Waals surface area contributed by atoms with E-state index in [1.165, 1.54) is 0 Å². The minimum Gasteiger partial charge on any atom is -0.504 e. The fraction of sp³-hybridized carbons (Fsp3) is 0.613. The lowest BCUT2D eigenvalue weighted by molar-refractivity contribution is 0.0882. The molecule has 0 fully saturated rings. The summed E-state index contributed by atoms with van der Waals surface area (Å²) in [6.07, 6.45) is 0. The van der Waals surface area contributed by atoms with E-state index in [1.54, 1.807) is 12.1 Å². The van der Waals surface area contributed by atoms with E-state index in [4.69, 9.17) is 18.9 Å². The molecule has 2 aromatic rings. The highest BCUT2D eigenvalue weighted by Gasteiger charge is 2.38.